The number of amides is 2. The predicted molar refractivity (Wildman–Crippen MR) is 104 cm³/mol. The second kappa shape index (κ2) is 7.48. The summed E-state index contributed by atoms with van der Waals surface area (Å²) in [6.45, 7) is 3.39. The van der Waals surface area contributed by atoms with E-state index in [9.17, 15) is 14.7 Å². The summed E-state index contributed by atoms with van der Waals surface area (Å²) in [5, 5.41) is 19.2. The number of hydroxylamine groups is 1. The van der Waals surface area contributed by atoms with E-state index >= 15 is 0 Å². The number of carbonyl (C=O) groups excluding carboxylic acids is 2. The van der Waals surface area contributed by atoms with E-state index in [1.54, 1.807) is 17.6 Å². The largest absolute Gasteiger partial charge is 0.393 e. The van der Waals surface area contributed by atoms with Gasteiger partial charge in [0.05, 0.1) is 11.5 Å². The molecule has 2 amide bonds. The molecule has 2 saturated carbocycles. The molecule has 6 heteroatoms. The lowest BCUT2D eigenvalue weighted by molar-refractivity contribution is -0.155. The number of fused-ring (bicyclic) bond motifs is 3. The summed E-state index contributed by atoms with van der Waals surface area (Å²) >= 11 is 0. The molecule has 3 N–H and O–H groups in total. The van der Waals surface area contributed by atoms with Crippen LogP contribution in [0.15, 0.2) is 18.2 Å². The van der Waals surface area contributed by atoms with Gasteiger partial charge in [0.15, 0.2) is 0 Å². The van der Waals surface area contributed by atoms with Crippen LogP contribution in [0.4, 0.5) is 0 Å². The van der Waals surface area contributed by atoms with Gasteiger partial charge in [0.2, 0.25) is 5.91 Å². The fourth-order valence-corrected chi connectivity index (χ4v) is 5.93. The number of nitrogens with zero attached hydrogens (tertiary/aromatic N) is 1. The molecule has 1 heterocycles. The van der Waals surface area contributed by atoms with Gasteiger partial charge in [-0.05, 0) is 73.6 Å². The second-order valence-corrected chi connectivity index (χ2v) is 9.06. The molecule has 0 aromatic heterocycles. The van der Waals surface area contributed by atoms with Gasteiger partial charge in [-0.1, -0.05) is 19.4 Å². The summed E-state index contributed by atoms with van der Waals surface area (Å²) in [5.41, 5.74) is 3.80. The highest BCUT2D eigenvalue weighted by Gasteiger charge is 2.51. The topological polar surface area (TPSA) is 89.9 Å². The average Bonchev–Trinajstić information content (AvgIpc) is 2.70. The van der Waals surface area contributed by atoms with Gasteiger partial charge in [0.1, 0.15) is 0 Å². The Labute approximate surface area is 165 Å². The zero-order valence-corrected chi connectivity index (χ0v) is 16.5. The third kappa shape index (κ3) is 3.44. The van der Waals surface area contributed by atoms with Crippen molar-refractivity contribution < 1.29 is 19.9 Å². The zero-order chi connectivity index (χ0) is 19.9. The maximum absolute atomic E-state index is 13.6. The molecule has 4 atom stereocenters. The SMILES string of the molecule is CCC1CC2CC(O)CC(C(=O)N3CCc4cc(C(=O)NO)ccc4C3)(C1)C2. The Balaban J connectivity index is 1.55. The minimum atomic E-state index is -0.518. The molecule has 28 heavy (non-hydrogen) atoms. The Morgan fingerprint density at radius 3 is 2.79 bits per heavy atom. The Morgan fingerprint density at radius 1 is 1.21 bits per heavy atom. The molecule has 0 saturated heterocycles. The highest BCUT2D eigenvalue weighted by Crippen LogP contribution is 2.53. The molecule has 2 aliphatic carbocycles. The number of aliphatic hydroxyl groups is 1. The van der Waals surface area contributed by atoms with Crippen molar-refractivity contribution in [1.29, 1.82) is 0 Å². The maximum Gasteiger partial charge on any atom is 0.274 e. The van der Waals surface area contributed by atoms with E-state index in [-0.39, 0.29) is 12.0 Å². The normalized spacial score (nSPS) is 31.8. The second-order valence-electron chi connectivity index (χ2n) is 9.06. The van der Waals surface area contributed by atoms with E-state index < -0.39 is 11.3 Å². The first kappa shape index (κ1) is 19.4. The Kier molecular flexibility index (Phi) is 5.19. The van der Waals surface area contributed by atoms with Gasteiger partial charge in [0, 0.05) is 18.7 Å². The van der Waals surface area contributed by atoms with Crippen LogP contribution in [0.2, 0.25) is 0 Å². The number of benzene rings is 1. The van der Waals surface area contributed by atoms with Crippen LogP contribution in [0.25, 0.3) is 0 Å². The van der Waals surface area contributed by atoms with E-state index in [4.69, 9.17) is 5.21 Å². The quantitative estimate of drug-likeness (QED) is 0.550. The van der Waals surface area contributed by atoms with Gasteiger partial charge in [-0.25, -0.2) is 5.48 Å². The van der Waals surface area contributed by atoms with Crippen LogP contribution >= 0.6 is 0 Å². The van der Waals surface area contributed by atoms with Crippen LogP contribution in [-0.4, -0.2) is 39.7 Å². The number of hydrogen-bond donors (Lipinski definition) is 3. The van der Waals surface area contributed by atoms with E-state index in [1.807, 2.05) is 11.0 Å². The van der Waals surface area contributed by atoms with Gasteiger partial charge in [-0.3, -0.25) is 14.8 Å². The van der Waals surface area contributed by atoms with Crippen molar-refractivity contribution in [2.45, 2.75) is 64.5 Å². The highest BCUT2D eigenvalue weighted by atomic mass is 16.5. The van der Waals surface area contributed by atoms with E-state index in [0.717, 1.165) is 43.2 Å². The summed E-state index contributed by atoms with van der Waals surface area (Å²) in [6.07, 6.45) is 5.82. The van der Waals surface area contributed by atoms with Gasteiger partial charge in [-0.2, -0.15) is 0 Å². The minimum absolute atomic E-state index is 0.206. The Bertz CT molecular complexity index is 776. The number of carbonyl (C=O) groups is 2. The third-order valence-corrected chi connectivity index (χ3v) is 7.16. The average molecular weight is 386 g/mol. The van der Waals surface area contributed by atoms with Crippen molar-refractivity contribution in [2.75, 3.05) is 6.54 Å². The zero-order valence-electron chi connectivity index (χ0n) is 16.5. The van der Waals surface area contributed by atoms with Gasteiger partial charge < -0.3 is 10.0 Å². The fraction of sp³-hybridized carbons (Fsp3) is 0.636. The molecule has 4 unspecified atom stereocenters. The minimum Gasteiger partial charge on any atom is -0.393 e. The van der Waals surface area contributed by atoms with Crippen molar-refractivity contribution in [1.82, 2.24) is 10.4 Å². The Morgan fingerprint density at radius 2 is 2.04 bits per heavy atom. The molecular formula is C22H30N2O4. The lowest BCUT2D eigenvalue weighted by atomic mass is 9.57. The number of nitrogens with one attached hydrogen (secondary N) is 1. The van der Waals surface area contributed by atoms with E-state index in [0.29, 0.717) is 43.3 Å². The molecule has 2 bridgehead atoms. The number of aliphatic hydroxyl groups excluding tert-OH is 1. The van der Waals surface area contributed by atoms with Crippen LogP contribution in [0, 0.1) is 17.3 Å². The molecule has 1 aromatic carbocycles. The smallest absolute Gasteiger partial charge is 0.274 e. The molecule has 2 fully saturated rings. The molecule has 4 rings (SSSR count). The predicted octanol–water partition coefficient (Wildman–Crippen LogP) is 2.66. The van der Waals surface area contributed by atoms with Crippen molar-refractivity contribution in [3.8, 4) is 0 Å². The van der Waals surface area contributed by atoms with Gasteiger partial charge in [-0.15, -0.1) is 0 Å². The van der Waals surface area contributed by atoms with Crippen LogP contribution in [-0.2, 0) is 17.8 Å². The molecule has 1 aromatic rings. The molecule has 152 valence electrons. The van der Waals surface area contributed by atoms with Crippen molar-refractivity contribution >= 4 is 11.8 Å². The summed E-state index contributed by atoms with van der Waals surface area (Å²) < 4.78 is 0. The molecule has 6 nitrogen and oxygen atoms in total. The molecule has 0 spiro atoms. The van der Waals surface area contributed by atoms with Crippen molar-refractivity contribution in [3.63, 3.8) is 0 Å². The molecule has 3 aliphatic rings. The Hall–Kier alpha value is -1.92. The summed E-state index contributed by atoms with van der Waals surface area (Å²) in [7, 11) is 0. The van der Waals surface area contributed by atoms with Gasteiger partial charge >= 0.3 is 0 Å². The van der Waals surface area contributed by atoms with Gasteiger partial charge in [0.25, 0.3) is 5.91 Å². The first-order valence-corrected chi connectivity index (χ1v) is 10.5. The van der Waals surface area contributed by atoms with Crippen LogP contribution in [0.1, 0.15) is 66.9 Å². The van der Waals surface area contributed by atoms with Crippen molar-refractivity contribution in [3.05, 3.63) is 34.9 Å². The monoisotopic (exact) mass is 386 g/mol. The number of rotatable bonds is 3. The summed E-state index contributed by atoms with van der Waals surface area (Å²) in [4.78, 5) is 27.2. The van der Waals surface area contributed by atoms with Crippen molar-refractivity contribution in [2.24, 2.45) is 17.3 Å². The van der Waals surface area contributed by atoms with E-state index in [1.165, 1.54) is 0 Å². The highest BCUT2D eigenvalue weighted by molar-refractivity contribution is 5.93. The molecular weight excluding hydrogens is 356 g/mol. The summed E-state index contributed by atoms with van der Waals surface area (Å²) in [6, 6.07) is 5.37. The van der Waals surface area contributed by atoms with Crippen LogP contribution < -0.4 is 5.48 Å². The lowest BCUT2D eigenvalue weighted by Crippen LogP contribution is -2.53. The molecule has 1 aliphatic heterocycles. The summed E-state index contributed by atoms with van der Waals surface area (Å²) in [5.74, 6) is 0.724. The first-order chi connectivity index (χ1) is 13.4. The molecule has 0 radical (unpaired) electrons. The van der Waals surface area contributed by atoms with Crippen LogP contribution in [0.3, 0.4) is 0 Å². The lowest BCUT2D eigenvalue weighted by Gasteiger charge is -2.50. The van der Waals surface area contributed by atoms with Crippen LogP contribution in [0.5, 0.6) is 0 Å². The maximum atomic E-state index is 13.6. The third-order valence-electron chi connectivity index (χ3n) is 7.16. The van der Waals surface area contributed by atoms with E-state index in [2.05, 4.69) is 6.92 Å². The standard InChI is InChI=1S/C22H30N2O4/c1-2-14-7-15-8-19(25)12-22(10-14,11-15)21(27)24-6-5-16-9-17(20(26)23-28)3-4-18(16)13-24/h3-4,9,14-15,19,25,28H,2,5-8,10-13H2,1H3,(H,23,26). The first-order valence-electron chi connectivity index (χ1n) is 10.5. The fourth-order valence-electron chi connectivity index (χ4n) is 5.93. The number of hydrogen-bond acceptors (Lipinski definition) is 4.